The van der Waals surface area contributed by atoms with Crippen molar-refractivity contribution >= 4 is 17.5 Å². The molecule has 1 aromatic carbocycles. The van der Waals surface area contributed by atoms with Crippen LogP contribution in [0, 0.1) is 0 Å². The number of imidazole rings is 1. The molecule has 0 aliphatic carbocycles. The summed E-state index contributed by atoms with van der Waals surface area (Å²) in [7, 11) is 1.95. The van der Waals surface area contributed by atoms with Crippen molar-refractivity contribution in [1.82, 2.24) is 19.8 Å². The van der Waals surface area contributed by atoms with Crippen LogP contribution < -0.4 is 10.1 Å². The molecule has 0 bridgehead atoms. The van der Waals surface area contributed by atoms with Crippen molar-refractivity contribution in [3.63, 3.8) is 0 Å². The molecule has 24 heavy (non-hydrogen) atoms. The van der Waals surface area contributed by atoms with Gasteiger partial charge in [-0.2, -0.15) is 0 Å². The zero-order chi connectivity index (χ0) is 16.9. The van der Waals surface area contributed by atoms with Gasteiger partial charge in [0, 0.05) is 44.1 Å². The number of rotatable bonds is 5. The number of aryl methyl sites for hydroxylation is 1. The number of aromatic nitrogens is 2. The van der Waals surface area contributed by atoms with Gasteiger partial charge in [-0.15, -0.1) is 0 Å². The molecule has 1 aromatic heterocycles. The number of carbonyl (C=O) groups is 1. The van der Waals surface area contributed by atoms with Gasteiger partial charge in [0.25, 0.3) is 0 Å². The van der Waals surface area contributed by atoms with Crippen molar-refractivity contribution in [2.24, 2.45) is 7.05 Å². The molecule has 3 rings (SSSR count). The highest BCUT2D eigenvalue weighted by Crippen LogP contribution is 2.21. The maximum atomic E-state index is 12.6. The zero-order valence-corrected chi connectivity index (χ0v) is 14.4. The maximum absolute atomic E-state index is 12.6. The van der Waals surface area contributed by atoms with E-state index in [1.54, 1.807) is 30.5 Å². The number of carbonyl (C=O) groups excluding carboxylic acids is 1. The van der Waals surface area contributed by atoms with Crippen molar-refractivity contribution in [3.05, 3.63) is 47.5 Å². The largest absolute Gasteiger partial charge is 0.493 e. The van der Waals surface area contributed by atoms with Crippen LogP contribution in [0.15, 0.2) is 36.7 Å². The van der Waals surface area contributed by atoms with Gasteiger partial charge in [-0.3, -0.25) is 4.79 Å². The van der Waals surface area contributed by atoms with E-state index in [0.29, 0.717) is 36.9 Å². The molecular weight excluding hydrogens is 328 g/mol. The number of hydrogen-bond acceptors (Lipinski definition) is 4. The van der Waals surface area contributed by atoms with Gasteiger partial charge in [0.2, 0.25) is 5.91 Å². The second-order valence-electron chi connectivity index (χ2n) is 5.76. The molecule has 1 fully saturated rings. The Balaban J connectivity index is 1.58. The smallest absolute Gasteiger partial charge is 0.226 e. The number of amides is 1. The van der Waals surface area contributed by atoms with Crippen LogP contribution in [0.25, 0.3) is 0 Å². The third-order valence-electron chi connectivity index (χ3n) is 4.12. The minimum Gasteiger partial charge on any atom is -0.493 e. The molecule has 1 unspecified atom stereocenters. The lowest BCUT2D eigenvalue weighted by Crippen LogP contribution is -2.49. The topological polar surface area (TPSA) is 59.4 Å². The van der Waals surface area contributed by atoms with Crippen molar-refractivity contribution in [2.75, 3.05) is 26.2 Å². The third kappa shape index (κ3) is 3.88. The fraction of sp³-hybridized carbons (Fsp3) is 0.412. The summed E-state index contributed by atoms with van der Waals surface area (Å²) < 4.78 is 7.59. The number of hydrogen-bond donors (Lipinski definition) is 1. The number of benzene rings is 1. The molecule has 2 heterocycles. The van der Waals surface area contributed by atoms with Crippen LogP contribution in [0.2, 0.25) is 5.02 Å². The van der Waals surface area contributed by atoms with Crippen molar-refractivity contribution in [1.29, 1.82) is 0 Å². The first kappa shape index (κ1) is 16.8. The number of piperazine rings is 1. The van der Waals surface area contributed by atoms with Gasteiger partial charge >= 0.3 is 0 Å². The molecule has 7 heteroatoms. The second-order valence-corrected chi connectivity index (χ2v) is 6.19. The highest BCUT2D eigenvalue weighted by molar-refractivity contribution is 6.30. The summed E-state index contributed by atoms with van der Waals surface area (Å²) in [5.41, 5.74) is 0. The van der Waals surface area contributed by atoms with Gasteiger partial charge < -0.3 is 19.5 Å². The maximum Gasteiger partial charge on any atom is 0.226 e. The summed E-state index contributed by atoms with van der Waals surface area (Å²) >= 11 is 5.85. The Kier molecular flexibility index (Phi) is 5.37. The van der Waals surface area contributed by atoms with E-state index in [2.05, 4.69) is 10.3 Å². The lowest BCUT2D eigenvalue weighted by Gasteiger charge is -2.35. The normalized spacial score (nSPS) is 17.8. The van der Waals surface area contributed by atoms with Crippen molar-refractivity contribution in [2.45, 2.75) is 12.5 Å². The number of halogens is 1. The summed E-state index contributed by atoms with van der Waals surface area (Å²) in [5, 5.41) is 4.00. The second kappa shape index (κ2) is 7.68. The molecule has 1 atom stereocenters. The summed E-state index contributed by atoms with van der Waals surface area (Å²) in [6.45, 7) is 2.54. The van der Waals surface area contributed by atoms with E-state index >= 15 is 0 Å². The van der Waals surface area contributed by atoms with E-state index in [0.717, 1.165) is 12.4 Å². The summed E-state index contributed by atoms with van der Waals surface area (Å²) in [6.07, 6.45) is 4.00. The van der Waals surface area contributed by atoms with Crippen LogP contribution in [0.1, 0.15) is 18.3 Å². The first-order chi connectivity index (χ1) is 11.6. The van der Waals surface area contributed by atoms with E-state index in [1.807, 2.05) is 22.7 Å². The zero-order valence-electron chi connectivity index (χ0n) is 13.6. The van der Waals surface area contributed by atoms with E-state index in [-0.39, 0.29) is 11.9 Å². The van der Waals surface area contributed by atoms with Gasteiger partial charge in [0.15, 0.2) is 0 Å². The quantitative estimate of drug-likeness (QED) is 0.898. The van der Waals surface area contributed by atoms with Crippen LogP contribution >= 0.6 is 11.6 Å². The molecule has 1 aliphatic heterocycles. The Bertz CT molecular complexity index is 686. The molecule has 1 aliphatic rings. The minimum absolute atomic E-state index is 0.0400. The lowest BCUT2D eigenvalue weighted by atomic mass is 10.1. The highest BCUT2D eigenvalue weighted by Gasteiger charge is 2.30. The first-order valence-electron chi connectivity index (χ1n) is 8.01. The summed E-state index contributed by atoms with van der Waals surface area (Å²) in [6, 6.07) is 7.10. The van der Waals surface area contributed by atoms with Gasteiger partial charge in [-0.25, -0.2) is 4.98 Å². The fourth-order valence-corrected chi connectivity index (χ4v) is 2.99. The molecule has 6 nitrogen and oxygen atoms in total. The number of nitrogens with one attached hydrogen (secondary N) is 1. The minimum atomic E-state index is -0.0400. The standard InChI is InChI=1S/C17H21ClN4O2/c1-21-9-8-20-17(21)15-12-19-7-10-22(15)16(23)6-11-24-14-4-2-13(18)3-5-14/h2-5,8-9,15,19H,6-7,10-12H2,1H3. The van der Waals surface area contributed by atoms with Crippen LogP contribution in [0.3, 0.4) is 0 Å². The number of ether oxygens (including phenoxy) is 1. The number of nitrogens with zero attached hydrogens (tertiary/aromatic N) is 3. The van der Waals surface area contributed by atoms with E-state index in [4.69, 9.17) is 16.3 Å². The van der Waals surface area contributed by atoms with Crippen molar-refractivity contribution < 1.29 is 9.53 Å². The van der Waals surface area contributed by atoms with Crippen LogP contribution in [0.5, 0.6) is 5.75 Å². The first-order valence-corrected chi connectivity index (χ1v) is 8.39. The Morgan fingerprint density at radius 2 is 2.21 bits per heavy atom. The van der Waals surface area contributed by atoms with E-state index < -0.39 is 0 Å². The van der Waals surface area contributed by atoms with Gasteiger partial charge in [-0.1, -0.05) is 11.6 Å². The van der Waals surface area contributed by atoms with Gasteiger partial charge in [0.05, 0.1) is 13.0 Å². The molecule has 1 N–H and O–H groups in total. The Hall–Kier alpha value is -2.05. The Labute approximate surface area is 146 Å². The van der Waals surface area contributed by atoms with Crippen LogP contribution in [-0.2, 0) is 11.8 Å². The molecule has 1 saturated heterocycles. The summed E-state index contributed by atoms with van der Waals surface area (Å²) in [4.78, 5) is 18.9. The van der Waals surface area contributed by atoms with Crippen molar-refractivity contribution in [3.8, 4) is 5.75 Å². The molecule has 128 valence electrons. The fourth-order valence-electron chi connectivity index (χ4n) is 2.86. The molecule has 0 spiro atoms. The Morgan fingerprint density at radius 1 is 1.42 bits per heavy atom. The highest BCUT2D eigenvalue weighted by atomic mass is 35.5. The molecule has 0 saturated carbocycles. The lowest BCUT2D eigenvalue weighted by molar-refractivity contribution is -0.135. The average molecular weight is 349 g/mol. The third-order valence-corrected chi connectivity index (χ3v) is 4.37. The van der Waals surface area contributed by atoms with Crippen LogP contribution in [0.4, 0.5) is 0 Å². The molecule has 0 radical (unpaired) electrons. The van der Waals surface area contributed by atoms with Gasteiger partial charge in [0.1, 0.15) is 17.6 Å². The predicted octanol–water partition coefficient (Wildman–Crippen LogP) is 2.02. The molecule has 2 aromatic rings. The SMILES string of the molecule is Cn1ccnc1C1CNCCN1C(=O)CCOc1ccc(Cl)cc1. The predicted molar refractivity (Wildman–Crippen MR) is 92.1 cm³/mol. The average Bonchev–Trinajstić information content (AvgIpc) is 3.02. The molecule has 1 amide bonds. The molecular formula is C17H21ClN4O2. The monoisotopic (exact) mass is 348 g/mol. The van der Waals surface area contributed by atoms with E-state index in [9.17, 15) is 4.79 Å². The van der Waals surface area contributed by atoms with Crippen LogP contribution in [-0.4, -0.2) is 46.6 Å². The van der Waals surface area contributed by atoms with E-state index in [1.165, 1.54) is 0 Å². The summed E-state index contributed by atoms with van der Waals surface area (Å²) in [5.74, 6) is 1.70. The van der Waals surface area contributed by atoms with Gasteiger partial charge in [-0.05, 0) is 24.3 Å². The Morgan fingerprint density at radius 3 is 2.92 bits per heavy atom.